The van der Waals surface area contributed by atoms with Gasteiger partial charge in [-0.2, -0.15) is 0 Å². The van der Waals surface area contributed by atoms with Crippen LogP contribution in [-0.2, 0) is 6.54 Å². The summed E-state index contributed by atoms with van der Waals surface area (Å²) in [6.07, 6.45) is 1.71. The molecule has 0 saturated heterocycles. The van der Waals surface area contributed by atoms with Gasteiger partial charge in [-0.15, -0.1) is 11.3 Å². The average Bonchev–Trinajstić information content (AvgIpc) is 3.09. The molecule has 2 aromatic rings. The third-order valence-corrected chi connectivity index (χ3v) is 5.54. The molecule has 1 aliphatic rings. The lowest BCUT2D eigenvalue weighted by molar-refractivity contribution is 0.112. The van der Waals surface area contributed by atoms with Crippen molar-refractivity contribution >= 4 is 27.8 Å². The second-order valence-corrected chi connectivity index (χ2v) is 6.85. The highest BCUT2D eigenvalue weighted by molar-refractivity contribution is 7.20. The van der Waals surface area contributed by atoms with Gasteiger partial charge in [0.2, 0.25) is 0 Å². The number of nitrogens with zero attached hydrogens (tertiary/aromatic N) is 2. The topological polar surface area (TPSA) is 61.1 Å². The van der Waals surface area contributed by atoms with Crippen molar-refractivity contribution in [2.45, 2.75) is 39.3 Å². The van der Waals surface area contributed by atoms with Crippen molar-refractivity contribution in [3.63, 3.8) is 0 Å². The molecule has 22 heavy (non-hydrogen) atoms. The van der Waals surface area contributed by atoms with Gasteiger partial charge in [-0.3, -0.25) is 23.1 Å². The van der Waals surface area contributed by atoms with Gasteiger partial charge in [0.25, 0.3) is 5.56 Å². The molecule has 0 spiro atoms. The minimum absolute atomic E-state index is 0.0833. The van der Waals surface area contributed by atoms with Gasteiger partial charge in [0.1, 0.15) is 4.83 Å². The number of thiophene rings is 1. The van der Waals surface area contributed by atoms with E-state index in [2.05, 4.69) is 0 Å². The zero-order valence-electron chi connectivity index (χ0n) is 12.5. The van der Waals surface area contributed by atoms with Crippen LogP contribution in [0.2, 0.25) is 0 Å². The van der Waals surface area contributed by atoms with Crippen molar-refractivity contribution in [2.24, 2.45) is 5.92 Å². The van der Waals surface area contributed by atoms with Crippen LogP contribution in [0.4, 0.5) is 4.39 Å². The van der Waals surface area contributed by atoms with E-state index < -0.39 is 6.67 Å². The molecule has 1 aliphatic carbocycles. The fraction of sp³-hybridized carbons (Fsp3) is 0.533. The summed E-state index contributed by atoms with van der Waals surface area (Å²) in [6.45, 7) is 3.39. The first-order chi connectivity index (χ1) is 10.5. The van der Waals surface area contributed by atoms with Crippen molar-refractivity contribution < 1.29 is 9.18 Å². The number of aldehydes is 1. The first-order valence-corrected chi connectivity index (χ1v) is 8.12. The maximum absolute atomic E-state index is 12.7. The van der Waals surface area contributed by atoms with Gasteiger partial charge in [0.05, 0.1) is 16.9 Å². The Bertz CT molecular complexity index is 864. The zero-order valence-corrected chi connectivity index (χ0v) is 13.3. The maximum atomic E-state index is 12.7. The quantitative estimate of drug-likeness (QED) is 0.793. The second-order valence-electron chi connectivity index (χ2n) is 5.82. The van der Waals surface area contributed by atoms with E-state index in [4.69, 9.17) is 0 Å². The lowest BCUT2D eigenvalue weighted by Crippen LogP contribution is -2.39. The Morgan fingerprint density at radius 2 is 2.09 bits per heavy atom. The van der Waals surface area contributed by atoms with Crippen LogP contribution in [0.3, 0.4) is 0 Å². The molecule has 1 saturated carbocycles. The number of hydrogen-bond donors (Lipinski definition) is 0. The molecule has 2 atom stereocenters. The summed E-state index contributed by atoms with van der Waals surface area (Å²) in [4.78, 5) is 37.5. The number of aromatic nitrogens is 2. The monoisotopic (exact) mass is 324 g/mol. The van der Waals surface area contributed by atoms with Crippen LogP contribution in [0.5, 0.6) is 0 Å². The summed E-state index contributed by atoms with van der Waals surface area (Å²) < 4.78 is 15.3. The van der Waals surface area contributed by atoms with E-state index in [-0.39, 0.29) is 30.3 Å². The number of carbonyl (C=O) groups is 1. The number of alkyl halides is 1. The van der Waals surface area contributed by atoms with Gasteiger partial charge in [0.15, 0.2) is 6.29 Å². The molecule has 0 bridgehead atoms. The molecule has 1 fully saturated rings. The number of rotatable bonds is 5. The Labute approximate surface area is 130 Å². The van der Waals surface area contributed by atoms with Crippen molar-refractivity contribution in [1.29, 1.82) is 0 Å². The largest absolute Gasteiger partial charge is 0.332 e. The van der Waals surface area contributed by atoms with Crippen LogP contribution in [0.15, 0.2) is 9.59 Å². The predicted molar refractivity (Wildman–Crippen MR) is 83.9 cm³/mol. The van der Waals surface area contributed by atoms with Crippen molar-refractivity contribution in [3.05, 3.63) is 31.3 Å². The lowest BCUT2D eigenvalue weighted by Gasteiger charge is -2.11. The van der Waals surface area contributed by atoms with Crippen LogP contribution in [0.1, 0.15) is 41.0 Å². The molecule has 0 aliphatic heterocycles. The molecule has 2 heterocycles. The number of carbonyl (C=O) groups excluding carboxylic acids is 1. The summed E-state index contributed by atoms with van der Waals surface area (Å²) in [5.74, 6) is 0.293. The molecule has 0 aromatic carbocycles. The van der Waals surface area contributed by atoms with Crippen LogP contribution in [0.25, 0.3) is 10.2 Å². The Morgan fingerprint density at radius 1 is 1.41 bits per heavy atom. The second kappa shape index (κ2) is 5.46. The molecular formula is C15H17FN2O3S. The van der Waals surface area contributed by atoms with Crippen LogP contribution < -0.4 is 11.2 Å². The fourth-order valence-corrected chi connectivity index (χ4v) is 4.00. The Kier molecular flexibility index (Phi) is 3.76. The maximum Gasteiger partial charge on any atom is 0.332 e. The third-order valence-electron chi connectivity index (χ3n) is 4.30. The van der Waals surface area contributed by atoms with Gasteiger partial charge >= 0.3 is 5.69 Å². The van der Waals surface area contributed by atoms with Gasteiger partial charge < -0.3 is 0 Å². The predicted octanol–water partition coefficient (Wildman–Crippen LogP) is 2.29. The van der Waals surface area contributed by atoms with Gasteiger partial charge in [-0.05, 0) is 31.2 Å². The summed E-state index contributed by atoms with van der Waals surface area (Å²) in [7, 11) is 0. The number of aryl methyl sites for hydroxylation is 2. The molecule has 7 heteroatoms. The number of fused-ring (bicyclic) bond motifs is 1. The minimum Gasteiger partial charge on any atom is -0.297 e. The average molecular weight is 324 g/mol. The summed E-state index contributed by atoms with van der Waals surface area (Å²) in [5.41, 5.74) is -0.109. The van der Waals surface area contributed by atoms with Crippen LogP contribution >= 0.6 is 11.3 Å². The fourth-order valence-electron chi connectivity index (χ4n) is 2.86. The smallest absolute Gasteiger partial charge is 0.297 e. The zero-order chi connectivity index (χ0) is 16.0. The Morgan fingerprint density at radius 3 is 2.64 bits per heavy atom. The van der Waals surface area contributed by atoms with Crippen molar-refractivity contribution in [2.75, 3.05) is 6.67 Å². The van der Waals surface area contributed by atoms with Crippen molar-refractivity contribution in [3.8, 4) is 0 Å². The summed E-state index contributed by atoms with van der Waals surface area (Å²) >= 11 is 1.13. The SMILES string of the molecule is Cc1c(C=O)sc2c1c(=O)n(C1C[C@@H]1C)c(=O)n2CCCF. The molecule has 0 radical (unpaired) electrons. The molecule has 3 rings (SSSR count). The molecule has 118 valence electrons. The normalized spacial score (nSPS) is 20.5. The molecular weight excluding hydrogens is 307 g/mol. The first-order valence-electron chi connectivity index (χ1n) is 7.30. The van der Waals surface area contributed by atoms with Crippen LogP contribution in [0, 0.1) is 12.8 Å². The van der Waals surface area contributed by atoms with E-state index in [0.29, 0.717) is 32.9 Å². The van der Waals surface area contributed by atoms with E-state index in [0.717, 1.165) is 17.8 Å². The molecule has 0 amide bonds. The molecule has 0 N–H and O–H groups in total. The third kappa shape index (κ3) is 2.15. The highest BCUT2D eigenvalue weighted by Gasteiger charge is 2.38. The van der Waals surface area contributed by atoms with Crippen LogP contribution in [-0.4, -0.2) is 22.1 Å². The van der Waals surface area contributed by atoms with Gasteiger partial charge in [0, 0.05) is 12.6 Å². The number of hydrogen-bond acceptors (Lipinski definition) is 4. The number of halogens is 1. The highest BCUT2D eigenvalue weighted by atomic mass is 32.1. The van der Waals surface area contributed by atoms with Gasteiger partial charge in [-0.1, -0.05) is 6.92 Å². The van der Waals surface area contributed by atoms with Gasteiger partial charge in [-0.25, -0.2) is 4.79 Å². The Balaban J connectivity index is 2.37. The van der Waals surface area contributed by atoms with E-state index in [9.17, 15) is 18.8 Å². The van der Waals surface area contributed by atoms with E-state index in [1.807, 2.05) is 6.92 Å². The minimum atomic E-state index is -0.530. The van der Waals surface area contributed by atoms with E-state index >= 15 is 0 Å². The lowest BCUT2D eigenvalue weighted by atomic mass is 10.2. The molecule has 5 nitrogen and oxygen atoms in total. The highest BCUT2D eigenvalue weighted by Crippen LogP contribution is 2.41. The van der Waals surface area contributed by atoms with E-state index in [1.54, 1.807) is 6.92 Å². The summed E-state index contributed by atoms with van der Waals surface area (Å²) in [6, 6.07) is -0.0833. The Hall–Kier alpha value is -1.76. The molecule has 1 unspecified atom stereocenters. The summed E-state index contributed by atoms with van der Waals surface area (Å²) in [5, 5.41) is 0.421. The van der Waals surface area contributed by atoms with E-state index in [1.165, 1.54) is 9.13 Å². The first kappa shape index (κ1) is 15.1. The molecule has 2 aromatic heterocycles. The van der Waals surface area contributed by atoms with Crippen molar-refractivity contribution in [1.82, 2.24) is 9.13 Å². The standard InChI is InChI=1S/C15H17FN2O3S/c1-8-6-10(8)18-13(20)12-9(2)11(7-19)22-14(12)17(15(18)21)5-3-4-16/h7-8,10H,3-6H2,1-2H3/t8-,10?/m0/s1.